The van der Waals surface area contributed by atoms with Gasteiger partial charge in [-0.2, -0.15) is 0 Å². The lowest BCUT2D eigenvalue weighted by molar-refractivity contribution is 0.178. The third-order valence-corrected chi connectivity index (χ3v) is 3.72. The minimum atomic E-state index is 0.285. The Balaban J connectivity index is 2.58. The molecule has 0 unspecified atom stereocenters. The van der Waals surface area contributed by atoms with Gasteiger partial charge in [0.1, 0.15) is 27.7 Å². The molecule has 1 aromatic heterocycles. The van der Waals surface area contributed by atoms with Gasteiger partial charge in [0.15, 0.2) is 5.82 Å². The Bertz CT molecular complexity index is 652. The summed E-state index contributed by atoms with van der Waals surface area (Å²) in [6, 6.07) is 5.36. The van der Waals surface area contributed by atoms with Crippen LogP contribution in [0.15, 0.2) is 22.7 Å². The van der Waals surface area contributed by atoms with Crippen molar-refractivity contribution in [2.24, 2.45) is 0 Å². The number of ether oxygens (including phenoxy) is 3. The average Bonchev–Trinajstić information content (AvgIpc) is 2.46. The molecule has 0 radical (unpaired) electrons. The fourth-order valence-electron chi connectivity index (χ4n) is 1.89. The molecule has 0 amide bonds. The number of aromatic nitrogens is 2. The summed E-state index contributed by atoms with van der Waals surface area (Å²) < 4.78 is 16.5. The third-order valence-electron chi connectivity index (χ3n) is 2.78. The van der Waals surface area contributed by atoms with Gasteiger partial charge in [0, 0.05) is 18.7 Å². The lowest BCUT2D eigenvalue weighted by atomic mass is 10.1. The molecule has 0 aliphatic carbocycles. The van der Waals surface area contributed by atoms with Gasteiger partial charge in [0.25, 0.3) is 0 Å². The van der Waals surface area contributed by atoms with Crippen molar-refractivity contribution in [1.29, 1.82) is 0 Å². The van der Waals surface area contributed by atoms with Crippen molar-refractivity contribution < 1.29 is 14.2 Å². The molecule has 2 aromatic rings. The number of methoxy groups -OCH3 is 3. The van der Waals surface area contributed by atoms with Gasteiger partial charge >= 0.3 is 0 Å². The average molecular weight is 374 g/mol. The van der Waals surface area contributed by atoms with Crippen molar-refractivity contribution in [2.45, 2.75) is 6.61 Å². The molecule has 0 atom stereocenters. The summed E-state index contributed by atoms with van der Waals surface area (Å²) >= 11 is 9.51. The van der Waals surface area contributed by atoms with E-state index in [0.717, 1.165) is 5.56 Å². The van der Waals surface area contributed by atoms with Gasteiger partial charge in [-0.1, -0.05) is 11.6 Å². The van der Waals surface area contributed by atoms with Crippen LogP contribution < -0.4 is 9.47 Å². The fraction of sp³-hybridized carbons (Fsp3) is 0.286. The molecule has 0 spiro atoms. The maximum atomic E-state index is 6.05. The fourth-order valence-corrected chi connectivity index (χ4v) is 2.76. The highest BCUT2D eigenvalue weighted by Gasteiger charge is 2.16. The van der Waals surface area contributed by atoms with Crippen LogP contribution in [-0.2, 0) is 11.3 Å². The molecule has 0 saturated heterocycles. The molecule has 1 aromatic carbocycles. The summed E-state index contributed by atoms with van der Waals surface area (Å²) in [5.74, 6) is 1.80. The maximum absolute atomic E-state index is 6.05. The number of hydrogen-bond acceptors (Lipinski definition) is 5. The van der Waals surface area contributed by atoms with E-state index in [1.54, 1.807) is 27.4 Å². The van der Waals surface area contributed by atoms with Crippen LogP contribution in [-0.4, -0.2) is 31.3 Å². The first-order chi connectivity index (χ1) is 10.1. The van der Waals surface area contributed by atoms with Crippen LogP contribution in [0.5, 0.6) is 11.5 Å². The number of nitrogens with zero attached hydrogens (tertiary/aromatic N) is 2. The van der Waals surface area contributed by atoms with Crippen LogP contribution in [0.1, 0.15) is 5.82 Å². The van der Waals surface area contributed by atoms with Crippen LogP contribution >= 0.6 is 27.5 Å². The van der Waals surface area contributed by atoms with E-state index in [4.69, 9.17) is 25.8 Å². The van der Waals surface area contributed by atoms with Crippen LogP contribution in [0, 0.1) is 0 Å². The molecule has 0 fully saturated rings. The second kappa shape index (κ2) is 7.06. The molecule has 0 N–H and O–H groups in total. The van der Waals surface area contributed by atoms with Gasteiger partial charge in [-0.25, -0.2) is 9.97 Å². The first kappa shape index (κ1) is 16.0. The number of benzene rings is 1. The molecule has 0 aliphatic heterocycles. The molecule has 0 aliphatic rings. The molecular weight excluding hydrogens is 360 g/mol. The summed E-state index contributed by atoms with van der Waals surface area (Å²) in [5.41, 5.74) is 1.44. The molecule has 0 bridgehead atoms. The third kappa shape index (κ3) is 3.45. The maximum Gasteiger partial charge on any atom is 0.156 e. The van der Waals surface area contributed by atoms with E-state index in [-0.39, 0.29) is 6.61 Å². The Labute approximate surface area is 136 Å². The highest BCUT2D eigenvalue weighted by atomic mass is 79.9. The van der Waals surface area contributed by atoms with Crippen molar-refractivity contribution in [3.63, 3.8) is 0 Å². The van der Waals surface area contributed by atoms with Crippen LogP contribution in [0.3, 0.4) is 0 Å². The van der Waals surface area contributed by atoms with E-state index < -0.39 is 0 Å². The Morgan fingerprint density at radius 1 is 1.14 bits per heavy atom. The predicted molar refractivity (Wildman–Crippen MR) is 84.0 cm³/mol. The zero-order chi connectivity index (χ0) is 15.4. The lowest BCUT2D eigenvalue weighted by Gasteiger charge is -2.13. The Morgan fingerprint density at radius 3 is 2.52 bits per heavy atom. The standard InChI is InChI=1S/C14H14BrClN2O3/c1-19-7-12-17-9(6-11(16)18-12)8-4-5-10(20-2)13(15)14(8)21-3/h4-6H,7H2,1-3H3. The first-order valence-electron chi connectivity index (χ1n) is 6.04. The van der Waals surface area contributed by atoms with Crippen molar-refractivity contribution in [2.75, 3.05) is 21.3 Å². The molecule has 112 valence electrons. The summed E-state index contributed by atoms with van der Waals surface area (Å²) in [5, 5.41) is 0.348. The number of hydrogen-bond donors (Lipinski definition) is 0. The van der Waals surface area contributed by atoms with E-state index >= 15 is 0 Å². The normalized spacial score (nSPS) is 10.5. The highest BCUT2D eigenvalue weighted by Crippen LogP contribution is 2.41. The summed E-state index contributed by atoms with van der Waals surface area (Å²) in [7, 11) is 4.76. The zero-order valence-electron chi connectivity index (χ0n) is 11.8. The van der Waals surface area contributed by atoms with Gasteiger partial charge in [-0.05, 0) is 28.1 Å². The van der Waals surface area contributed by atoms with Crippen molar-refractivity contribution in [3.05, 3.63) is 33.6 Å². The van der Waals surface area contributed by atoms with Crippen LogP contribution in [0.4, 0.5) is 0 Å². The minimum absolute atomic E-state index is 0.285. The van der Waals surface area contributed by atoms with Crippen molar-refractivity contribution >= 4 is 27.5 Å². The SMILES string of the molecule is COCc1nc(Cl)cc(-c2ccc(OC)c(Br)c2OC)n1. The van der Waals surface area contributed by atoms with Crippen molar-refractivity contribution in [1.82, 2.24) is 9.97 Å². The van der Waals surface area contributed by atoms with Crippen LogP contribution in [0.25, 0.3) is 11.3 Å². The number of rotatable bonds is 5. The Kier molecular flexibility index (Phi) is 5.39. The van der Waals surface area contributed by atoms with E-state index in [2.05, 4.69) is 25.9 Å². The Hall–Kier alpha value is -1.37. The smallest absolute Gasteiger partial charge is 0.156 e. The second-order valence-corrected chi connectivity index (χ2v) is 5.27. The molecule has 7 heteroatoms. The van der Waals surface area contributed by atoms with Gasteiger partial charge in [0.2, 0.25) is 0 Å². The molecule has 0 saturated carbocycles. The van der Waals surface area contributed by atoms with Gasteiger partial charge < -0.3 is 14.2 Å². The molecule has 5 nitrogen and oxygen atoms in total. The van der Waals surface area contributed by atoms with E-state index in [9.17, 15) is 0 Å². The number of halogens is 2. The monoisotopic (exact) mass is 372 g/mol. The Morgan fingerprint density at radius 2 is 1.90 bits per heavy atom. The highest BCUT2D eigenvalue weighted by molar-refractivity contribution is 9.10. The first-order valence-corrected chi connectivity index (χ1v) is 7.21. The lowest BCUT2D eigenvalue weighted by Crippen LogP contribution is -2.00. The molecule has 1 heterocycles. The molecular formula is C14H14BrClN2O3. The molecule has 21 heavy (non-hydrogen) atoms. The van der Waals surface area contributed by atoms with Gasteiger partial charge in [0.05, 0.1) is 19.9 Å². The predicted octanol–water partition coefficient (Wildman–Crippen LogP) is 3.72. The summed E-state index contributed by atoms with van der Waals surface area (Å²) in [6.45, 7) is 0.285. The second-order valence-electron chi connectivity index (χ2n) is 4.09. The minimum Gasteiger partial charge on any atom is -0.495 e. The van der Waals surface area contributed by atoms with E-state index in [1.807, 2.05) is 12.1 Å². The van der Waals surface area contributed by atoms with Crippen LogP contribution in [0.2, 0.25) is 5.15 Å². The van der Waals surface area contributed by atoms with Crippen molar-refractivity contribution in [3.8, 4) is 22.8 Å². The zero-order valence-corrected chi connectivity index (χ0v) is 14.2. The van der Waals surface area contributed by atoms with Gasteiger partial charge in [-0.3, -0.25) is 0 Å². The quantitative estimate of drug-likeness (QED) is 0.748. The van der Waals surface area contributed by atoms with E-state index in [1.165, 1.54) is 0 Å². The molecule has 2 rings (SSSR count). The van der Waals surface area contributed by atoms with Gasteiger partial charge in [-0.15, -0.1) is 0 Å². The summed E-state index contributed by atoms with van der Waals surface area (Å²) in [4.78, 5) is 8.55. The topological polar surface area (TPSA) is 53.5 Å². The summed E-state index contributed by atoms with van der Waals surface area (Å²) in [6.07, 6.45) is 0. The van der Waals surface area contributed by atoms with E-state index in [0.29, 0.717) is 32.6 Å². The largest absolute Gasteiger partial charge is 0.495 e.